The van der Waals surface area contributed by atoms with E-state index in [1.807, 2.05) is 0 Å². The molecule has 10 heavy (non-hydrogen) atoms. The highest BCUT2D eigenvalue weighted by atomic mass is 79.9. The highest BCUT2D eigenvalue weighted by Gasteiger charge is 1.95. The molecular weight excluding hydrogens is 211 g/mol. The van der Waals surface area contributed by atoms with Crippen molar-refractivity contribution < 1.29 is 0 Å². The van der Waals surface area contributed by atoms with Crippen molar-refractivity contribution in [1.29, 1.82) is 0 Å². The summed E-state index contributed by atoms with van der Waals surface area (Å²) in [6, 6.07) is 5.20. The minimum atomic E-state index is 0.658. The molecule has 0 heterocycles. The third-order valence-electron chi connectivity index (χ3n) is 1.07. The lowest BCUT2D eigenvalue weighted by Gasteiger charge is -1.94. The predicted molar refractivity (Wildman–Crippen MR) is 45.4 cm³/mol. The van der Waals surface area contributed by atoms with E-state index in [4.69, 9.17) is 18.0 Å². The van der Waals surface area contributed by atoms with Gasteiger partial charge in [0.15, 0.2) is 0 Å². The van der Waals surface area contributed by atoms with Crippen LogP contribution in [0.15, 0.2) is 22.7 Å². The summed E-state index contributed by atoms with van der Waals surface area (Å²) in [5.74, 6) is 2.27. The number of benzene rings is 1. The van der Waals surface area contributed by atoms with E-state index < -0.39 is 0 Å². The molecule has 0 fully saturated rings. The Kier molecular flexibility index (Phi) is 2.37. The van der Waals surface area contributed by atoms with E-state index in [0.29, 0.717) is 10.6 Å². The van der Waals surface area contributed by atoms with Crippen LogP contribution in [-0.4, -0.2) is 0 Å². The Morgan fingerprint density at radius 2 is 2.20 bits per heavy atom. The lowest BCUT2D eigenvalue weighted by atomic mass is 10.2. The van der Waals surface area contributed by atoms with Gasteiger partial charge in [0, 0.05) is 15.1 Å². The first-order valence-electron chi connectivity index (χ1n) is 2.62. The lowest BCUT2D eigenvalue weighted by molar-refractivity contribution is 1.59. The maximum absolute atomic E-state index is 6.83. The highest BCUT2D eigenvalue weighted by molar-refractivity contribution is 9.10. The first kappa shape index (κ1) is 7.65. The Labute approximate surface area is 73.3 Å². The summed E-state index contributed by atoms with van der Waals surface area (Å²) >= 11 is 8.90. The van der Waals surface area contributed by atoms with Crippen molar-refractivity contribution in [1.82, 2.24) is 0 Å². The molecule has 1 aromatic carbocycles. The van der Waals surface area contributed by atoms with E-state index >= 15 is 0 Å². The predicted octanol–water partition coefficient (Wildman–Crippen LogP) is 3.04. The molecule has 0 atom stereocenters. The summed E-state index contributed by atoms with van der Waals surface area (Å²) in [4.78, 5) is 0. The first-order chi connectivity index (χ1) is 4.74. The third kappa shape index (κ3) is 1.53. The third-order valence-corrected chi connectivity index (χ3v) is 1.96. The highest BCUT2D eigenvalue weighted by Crippen LogP contribution is 2.20. The van der Waals surface area contributed by atoms with E-state index in [9.17, 15) is 0 Å². The summed E-state index contributed by atoms with van der Waals surface area (Å²) in [7, 11) is 0. The van der Waals surface area contributed by atoms with Crippen LogP contribution in [0.25, 0.3) is 0 Å². The molecule has 0 amide bonds. The van der Waals surface area contributed by atoms with Gasteiger partial charge in [0.2, 0.25) is 0 Å². The average molecular weight is 214 g/mol. The molecule has 0 nitrogen and oxygen atoms in total. The van der Waals surface area contributed by atoms with Gasteiger partial charge < -0.3 is 0 Å². The van der Waals surface area contributed by atoms with Crippen LogP contribution in [0, 0.1) is 12.3 Å². The molecule has 1 rings (SSSR count). The quantitative estimate of drug-likeness (QED) is 0.582. The van der Waals surface area contributed by atoms with Crippen LogP contribution >= 0.6 is 27.5 Å². The zero-order chi connectivity index (χ0) is 7.56. The Morgan fingerprint density at radius 3 is 2.70 bits per heavy atom. The van der Waals surface area contributed by atoms with Gasteiger partial charge in [0.25, 0.3) is 0 Å². The second kappa shape index (κ2) is 3.09. The van der Waals surface area contributed by atoms with E-state index in [0.717, 1.165) is 4.47 Å². The van der Waals surface area contributed by atoms with Gasteiger partial charge in [-0.1, -0.05) is 17.5 Å². The van der Waals surface area contributed by atoms with Crippen LogP contribution in [-0.2, 0) is 0 Å². The molecule has 1 aromatic rings. The molecule has 0 aliphatic rings. The maximum Gasteiger partial charge on any atom is 0.0418 e. The van der Waals surface area contributed by atoms with Crippen molar-refractivity contribution in [2.45, 2.75) is 0 Å². The van der Waals surface area contributed by atoms with E-state index in [2.05, 4.69) is 21.9 Å². The summed E-state index contributed by atoms with van der Waals surface area (Å²) in [6.45, 7) is 0. The van der Waals surface area contributed by atoms with Crippen molar-refractivity contribution in [2.75, 3.05) is 0 Å². The Hall–Kier alpha value is -0.450. The van der Waals surface area contributed by atoms with Gasteiger partial charge in [-0.3, -0.25) is 0 Å². The molecule has 49 valence electrons. The number of halogens is 2. The maximum atomic E-state index is 6.83. The molecule has 0 saturated carbocycles. The topological polar surface area (TPSA) is 0 Å². The van der Waals surface area contributed by atoms with E-state index in [-0.39, 0.29) is 0 Å². The standard InChI is InChI=1S/C8H3BrCl/c1-2-6-3-4-7(10)5-8(6)9/h3-5H. The van der Waals surface area contributed by atoms with Crippen LogP contribution in [0.5, 0.6) is 0 Å². The molecular formula is C8H3BrCl. The van der Waals surface area contributed by atoms with Gasteiger partial charge in [-0.25, -0.2) is 0 Å². The van der Waals surface area contributed by atoms with Crippen LogP contribution in [0.4, 0.5) is 0 Å². The molecule has 0 unspecified atom stereocenters. The van der Waals surface area contributed by atoms with Crippen LogP contribution in [0.2, 0.25) is 5.02 Å². The van der Waals surface area contributed by atoms with Crippen molar-refractivity contribution in [3.63, 3.8) is 0 Å². The lowest BCUT2D eigenvalue weighted by Crippen LogP contribution is -1.74. The summed E-state index contributed by atoms with van der Waals surface area (Å²) < 4.78 is 0.801. The Bertz CT molecular complexity index is 286. The normalized spacial score (nSPS) is 8.90. The fourth-order valence-corrected chi connectivity index (χ4v) is 1.37. The van der Waals surface area contributed by atoms with E-state index in [1.165, 1.54) is 0 Å². The zero-order valence-corrected chi connectivity index (χ0v) is 7.33. The number of rotatable bonds is 0. The molecule has 2 heteroatoms. The molecule has 0 aromatic heterocycles. The van der Waals surface area contributed by atoms with Crippen LogP contribution in [0.3, 0.4) is 0 Å². The smallest absolute Gasteiger partial charge is 0.0418 e. The summed E-state index contributed by atoms with van der Waals surface area (Å²) in [6.07, 6.45) is 6.83. The SMILES string of the molecule is [C]#Cc1ccc(Cl)cc1Br. The van der Waals surface area contributed by atoms with Crippen molar-refractivity contribution in [3.8, 4) is 5.92 Å². The number of hydrogen-bond donors (Lipinski definition) is 0. The van der Waals surface area contributed by atoms with Crippen molar-refractivity contribution in [3.05, 3.63) is 39.7 Å². The molecule has 0 aliphatic heterocycles. The van der Waals surface area contributed by atoms with Crippen molar-refractivity contribution in [2.24, 2.45) is 0 Å². The Balaban J connectivity index is 3.23. The van der Waals surface area contributed by atoms with Gasteiger partial charge in [-0.15, -0.1) is 0 Å². The molecule has 1 radical (unpaired) electrons. The van der Waals surface area contributed by atoms with Gasteiger partial charge in [-0.05, 0) is 40.6 Å². The minimum Gasteiger partial charge on any atom is -0.0843 e. The molecule has 0 spiro atoms. The average Bonchev–Trinajstić information content (AvgIpc) is 1.88. The minimum absolute atomic E-state index is 0.658. The fourth-order valence-electron chi connectivity index (χ4n) is 0.591. The molecule has 0 N–H and O–H groups in total. The second-order valence-corrected chi connectivity index (χ2v) is 3.04. The summed E-state index contributed by atoms with van der Waals surface area (Å²) in [5.41, 5.74) is 0.712. The molecule has 0 bridgehead atoms. The van der Waals surface area contributed by atoms with Gasteiger partial charge in [0.1, 0.15) is 0 Å². The van der Waals surface area contributed by atoms with Crippen molar-refractivity contribution >= 4 is 27.5 Å². The first-order valence-corrected chi connectivity index (χ1v) is 3.79. The van der Waals surface area contributed by atoms with Gasteiger partial charge in [-0.2, -0.15) is 0 Å². The summed E-state index contributed by atoms with van der Waals surface area (Å²) in [5, 5.41) is 0.658. The van der Waals surface area contributed by atoms with Gasteiger partial charge in [0.05, 0.1) is 0 Å². The second-order valence-electron chi connectivity index (χ2n) is 1.75. The zero-order valence-electron chi connectivity index (χ0n) is 4.99. The largest absolute Gasteiger partial charge is 0.0843 e. The van der Waals surface area contributed by atoms with E-state index in [1.54, 1.807) is 18.2 Å². The van der Waals surface area contributed by atoms with Crippen LogP contribution in [0.1, 0.15) is 5.56 Å². The molecule has 0 aliphatic carbocycles. The Morgan fingerprint density at radius 1 is 1.50 bits per heavy atom. The fraction of sp³-hybridized carbons (Fsp3) is 0. The molecule has 0 saturated heterocycles. The number of hydrogen-bond acceptors (Lipinski definition) is 0. The van der Waals surface area contributed by atoms with Crippen LogP contribution < -0.4 is 0 Å². The van der Waals surface area contributed by atoms with Gasteiger partial charge >= 0.3 is 0 Å². The monoisotopic (exact) mass is 213 g/mol.